The van der Waals surface area contributed by atoms with Gasteiger partial charge >= 0.3 is 6.03 Å². The molecule has 0 aliphatic carbocycles. The van der Waals surface area contributed by atoms with Crippen LogP contribution in [0.4, 0.5) is 20.6 Å². The van der Waals surface area contributed by atoms with Gasteiger partial charge in [-0.05, 0) is 54.9 Å². The number of nitrogens with one attached hydrogen (secondary N) is 3. The van der Waals surface area contributed by atoms with Crippen LogP contribution in [0.25, 0.3) is 10.9 Å². The summed E-state index contributed by atoms with van der Waals surface area (Å²) in [4.78, 5) is 18.1. The van der Waals surface area contributed by atoms with Crippen molar-refractivity contribution in [1.29, 1.82) is 0 Å². The van der Waals surface area contributed by atoms with E-state index < -0.39 is 11.8 Å². The number of carbonyl (C=O) groups is 1. The number of hydrogen-bond acceptors (Lipinski definition) is 2. The summed E-state index contributed by atoms with van der Waals surface area (Å²) >= 11 is 0. The van der Waals surface area contributed by atoms with Gasteiger partial charge in [-0.15, -0.1) is 0 Å². The van der Waals surface area contributed by atoms with Crippen molar-refractivity contribution >= 4 is 28.3 Å². The number of hydrogen-bond donors (Lipinski definition) is 3. The van der Waals surface area contributed by atoms with Gasteiger partial charge in [0.15, 0.2) is 0 Å². The SMILES string of the molecule is CCCCCN1C=CC(c2c[nH]c3ccc(NC(=O)Nc4ccccc4F)cc23)CC1. The monoisotopic (exact) mass is 420 g/mol. The molecule has 1 atom stereocenters. The van der Waals surface area contributed by atoms with E-state index in [1.807, 2.05) is 18.2 Å². The van der Waals surface area contributed by atoms with Gasteiger partial charge in [0.05, 0.1) is 5.69 Å². The molecule has 6 heteroatoms. The largest absolute Gasteiger partial charge is 0.378 e. The number of unbranched alkanes of at least 4 members (excludes halogenated alkanes) is 2. The second-order valence-electron chi connectivity index (χ2n) is 8.04. The van der Waals surface area contributed by atoms with E-state index in [0.717, 1.165) is 30.4 Å². The average molecular weight is 421 g/mol. The van der Waals surface area contributed by atoms with E-state index in [4.69, 9.17) is 0 Å². The summed E-state index contributed by atoms with van der Waals surface area (Å²) in [5, 5.41) is 6.46. The fraction of sp³-hybridized carbons (Fsp3) is 0.320. The summed E-state index contributed by atoms with van der Waals surface area (Å²) in [6.07, 6.45) is 11.4. The Bertz CT molecular complexity index is 1070. The number of aromatic nitrogens is 1. The molecular formula is C25H29FN4O. The Labute approximate surface area is 182 Å². The number of aromatic amines is 1. The van der Waals surface area contributed by atoms with E-state index in [1.165, 1.54) is 37.0 Å². The van der Waals surface area contributed by atoms with Crippen LogP contribution in [0.2, 0.25) is 0 Å². The van der Waals surface area contributed by atoms with E-state index in [0.29, 0.717) is 11.6 Å². The van der Waals surface area contributed by atoms with Crippen LogP contribution in [0.15, 0.2) is 60.9 Å². The minimum atomic E-state index is -0.471. The lowest BCUT2D eigenvalue weighted by atomic mass is 9.93. The second-order valence-corrected chi connectivity index (χ2v) is 8.04. The van der Waals surface area contributed by atoms with E-state index >= 15 is 0 Å². The molecular weight excluding hydrogens is 391 g/mol. The standard InChI is InChI=1S/C25H29FN4O/c1-2-3-6-13-30-14-11-18(12-15-30)21-17-27-23-10-9-19(16-20(21)23)28-25(31)29-24-8-5-4-7-22(24)26/h4-5,7-11,14,16-18,27H,2-3,6,12-13,15H2,1H3,(H2,28,29,31). The van der Waals surface area contributed by atoms with Crippen LogP contribution < -0.4 is 10.6 Å². The maximum absolute atomic E-state index is 13.8. The van der Waals surface area contributed by atoms with Gasteiger partial charge in [0, 0.05) is 41.8 Å². The molecule has 0 saturated heterocycles. The quantitative estimate of drug-likeness (QED) is 0.385. The highest BCUT2D eigenvalue weighted by Crippen LogP contribution is 2.33. The third-order valence-corrected chi connectivity index (χ3v) is 5.80. The fourth-order valence-electron chi connectivity index (χ4n) is 4.09. The number of carbonyl (C=O) groups excluding carboxylic acids is 1. The topological polar surface area (TPSA) is 60.2 Å². The molecule has 2 aromatic carbocycles. The molecule has 1 unspecified atom stereocenters. The van der Waals surface area contributed by atoms with E-state index in [2.05, 4.69) is 45.9 Å². The van der Waals surface area contributed by atoms with Gasteiger partial charge in [-0.2, -0.15) is 0 Å². The molecule has 162 valence electrons. The van der Waals surface area contributed by atoms with E-state index in [1.54, 1.807) is 12.1 Å². The lowest BCUT2D eigenvalue weighted by molar-refractivity contribution is 0.262. The van der Waals surface area contributed by atoms with Crippen LogP contribution in [0.1, 0.15) is 44.1 Å². The summed E-state index contributed by atoms with van der Waals surface area (Å²) in [7, 11) is 0. The molecule has 3 N–H and O–H groups in total. The van der Waals surface area contributed by atoms with Crippen molar-refractivity contribution in [3.05, 3.63) is 72.3 Å². The predicted octanol–water partition coefficient (Wildman–Crippen LogP) is 6.44. The number of para-hydroxylation sites is 1. The van der Waals surface area contributed by atoms with Gasteiger partial charge in [0.2, 0.25) is 0 Å². The van der Waals surface area contributed by atoms with Crippen LogP contribution in [-0.2, 0) is 0 Å². The number of halogens is 1. The number of benzene rings is 2. The number of H-pyrrole nitrogens is 1. The van der Waals surface area contributed by atoms with Gasteiger partial charge in [0.25, 0.3) is 0 Å². The third-order valence-electron chi connectivity index (χ3n) is 5.80. The Morgan fingerprint density at radius 1 is 1.19 bits per heavy atom. The van der Waals surface area contributed by atoms with Crippen molar-refractivity contribution in [2.24, 2.45) is 0 Å². The molecule has 0 spiro atoms. The molecule has 1 aromatic heterocycles. The van der Waals surface area contributed by atoms with Crippen molar-refractivity contribution in [1.82, 2.24) is 9.88 Å². The van der Waals surface area contributed by atoms with Gasteiger partial charge in [0.1, 0.15) is 5.82 Å². The second kappa shape index (κ2) is 9.69. The zero-order valence-corrected chi connectivity index (χ0v) is 17.8. The van der Waals surface area contributed by atoms with Crippen molar-refractivity contribution in [3.8, 4) is 0 Å². The van der Waals surface area contributed by atoms with Crippen LogP contribution in [-0.4, -0.2) is 29.0 Å². The molecule has 5 nitrogen and oxygen atoms in total. The zero-order valence-electron chi connectivity index (χ0n) is 17.8. The maximum Gasteiger partial charge on any atom is 0.323 e. The lowest BCUT2D eigenvalue weighted by Gasteiger charge is -2.27. The van der Waals surface area contributed by atoms with Gasteiger partial charge in [-0.25, -0.2) is 9.18 Å². The summed E-state index contributed by atoms with van der Waals surface area (Å²) < 4.78 is 13.8. The summed E-state index contributed by atoms with van der Waals surface area (Å²) in [5.41, 5.74) is 3.09. The maximum atomic E-state index is 13.8. The molecule has 0 bridgehead atoms. The first-order chi connectivity index (χ1) is 15.1. The third kappa shape index (κ3) is 5.08. The molecule has 2 heterocycles. The highest BCUT2D eigenvalue weighted by atomic mass is 19.1. The number of urea groups is 1. The number of nitrogens with zero attached hydrogens (tertiary/aromatic N) is 1. The van der Waals surface area contributed by atoms with E-state index in [9.17, 15) is 9.18 Å². The Hall–Kier alpha value is -3.28. The molecule has 31 heavy (non-hydrogen) atoms. The van der Waals surface area contributed by atoms with Gasteiger partial charge < -0.3 is 20.5 Å². The van der Waals surface area contributed by atoms with Crippen molar-refractivity contribution < 1.29 is 9.18 Å². The zero-order chi connectivity index (χ0) is 21.6. The minimum Gasteiger partial charge on any atom is -0.378 e. The fourth-order valence-corrected chi connectivity index (χ4v) is 4.09. The number of allylic oxidation sites excluding steroid dienone is 1. The van der Waals surface area contributed by atoms with Crippen molar-refractivity contribution in [2.45, 2.75) is 38.5 Å². The molecule has 2 amide bonds. The molecule has 1 aliphatic rings. The number of fused-ring (bicyclic) bond motifs is 1. The normalized spacial score (nSPS) is 15.9. The Kier molecular flexibility index (Phi) is 6.55. The molecule has 4 rings (SSSR count). The van der Waals surface area contributed by atoms with Crippen molar-refractivity contribution in [3.63, 3.8) is 0 Å². The summed E-state index contributed by atoms with van der Waals surface area (Å²) in [5.74, 6) is -0.118. The van der Waals surface area contributed by atoms with Crippen LogP contribution >= 0.6 is 0 Å². The van der Waals surface area contributed by atoms with Gasteiger partial charge in [-0.1, -0.05) is 38.0 Å². The Balaban J connectivity index is 1.45. The number of rotatable bonds is 7. The average Bonchev–Trinajstić information content (AvgIpc) is 3.19. The molecule has 0 saturated carbocycles. The number of amides is 2. The minimum absolute atomic E-state index is 0.152. The Morgan fingerprint density at radius 2 is 2.06 bits per heavy atom. The summed E-state index contributed by atoms with van der Waals surface area (Å²) in [6.45, 7) is 4.41. The Morgan fingerprint density at radius 3 is 2.84 bits per heavy atom. The van der Waals surface area contributed by atoms with Crippen LogP contribution in [0.3, 0.4) is 0 Å². The first kappa shape index (κ1) is 21.0. The van der Waals surface area contributed by atoms with Gasteiger partial charge in [-0.3, -0.25) is 0 Å². The molecule has 0 fully saturated rings. The summed E-state index contributed by atoms with van der Waals surface area (Å²) in [6, 6.07) is 11.4. The molecule has 3 aromatic rings. The van der Waals surface area contributed by atoms with E-state index in [-0.39, 0.29) is 5.69 Å². The highest BCUT2D eigenvalue weighted by Gasteiger charge is 2.18. The molecule has 0 radical (unpaired) electrons. The highest BCUT2D eigenvalue weighted by molar-refractivity contribution is 6.01. The van der Waals surface area contributed by atoms with Crippen LogP contribution in [0, 0.1) is 5.82 Å². The number of anilines is 2. The lowest BCUT2D eigenvalue weighted by Crippen LogP contribution is -2.24. The van der Waals surface area contributed by atoms with Crippen molar-refractivity contribution in [2.75, 3.05) is 23.7 Å². The predicted molar refractivity (Wildman–Crippen MR) is 125 cm³/mol. The molecule has 1 aliphatic heterocycles. The van der Waals surface area contributed by atoms with Crippen LogP contribution in [0.5, 0.6) is 0 Å². The smallest absolute Gasteiger partial charge is 0.323 e. The first-order valence-corrected chi connectivity index (χ1v) is 11.0. The first-order valence-electron chi connectivity index (χ1n) is 11.0.